The molecule has 1 unspecified atom stereocenters. The van der Waals surface area contributed by atoms with Crippen LogP contribution in [0.5, 0.6) is 0 Å². The van der Waals surface area contributed by atoms with Gasteiger partial charge in [0.25, 0.3) is 5.69 Å². The molecular weight excluding hydrogens is 318 g/mol. The molecule has 1 fully saturated rings. The smallest absolute Gasteiger partial charge is 0.269 e. The standard InChI is InChI=1S/C16H23N3O3.ClH/c1-16(2,13-4-6-14(7-5-13)19(21)22)18-15(20)8-3-12-9-10-17-11-12;/h4-7,12,17H,3,8-11H2,1-2H3,(H,18,20);1H. The van der Waals surface area contributed by atoms with Crippen molar-refractivity contribution in [1.29, 1.82) is 0 Å². The van der Waals surface area contributed by atoms with Crippen LogP contribution in [-0.2, 0) is 10.3 Å². The van der Waals surface area contributed by atoms with E-state index in [1.165, 1.54) is 12.1 Å². The van der Waals surface area contributed by atoms with E-state index in [2.05, 4.69) is 10.6 Å². The Morgan fingerprint density at radius 3 is 2.57 bits per heavy atom. The number of nitro benzene ring substituents is 1. The molecule has 0 aromatic heterocycles. The number of halogens is 1. The molecule has 1 aromatic carbocycles. The molecule has 2 N–H and O–H groups in total. The van der Waals surface area contributed by atoms with Crippen molar-refractivity contribution in [3.8, 4) is 0 Å². The highest BCUT2D eigenvalue weighted by atomic mass is 35.5. The highest BCUT2D eigenvalue weighted by Gasteiger charge is 2.24. The fourth-order valence-corrected chi connectivity index (χ4v) is 2.78. The van der Waals surface area contributed by atoms with Crippen molar-refractivity contribution in [3.05, 3.63) is 39.9 Å². The Morgan fingerprint density at radius 1 is 1.39 bits per heavy atom. The van der Waals surface area contributed by atoms with Crippen LogP contribution in [-0.4, -0.2) is 23.9 Å². The van der Waals surface area contributed by atoms with Crippen LogP contribution in [0.2, 0.25) is 0 Å². The van der Waals surface area contributed by atoms with E-state index in [4.69, 9.17) is 0 Å². The van der Waals surface area contributed by atoms with Crippen molar-refractivity contribution in [2.45, 2.75) is 38.6 Å². The number of amides is 1. The second kappa shape index (κ2) is 8.26. The third kappa shape index (κ3) is 5.48. The maximum atomic E-state index is 12.1. The SMILES string of the molecule is CC(C)(NC(=O)CCC1CCNC1)c1ccc([N+](=O)[O-])cc1.Cl. The number of nitro groups is 1. The molecule has 1 aliphatic rings. The normalized spacial score (nSPS) is 17.4. The van der Waals surface area contributed by atoms with E-state index in [0.717, 1.165) is 31.5 Å². The minimum atomic E-state index is -0.542. The molecule has 1 aliphatic heterocycles. The number of carbonyl (C=O) groups excluding carboxylic acids is 1. The van der Waals surface area contributed by atoms with E-state index in [9.17, 15) is 14.9 Å². The third-order valence-corrected chi connectivity index (χ3v) is 4.19. The van der Waals surface area contributed by atoms with Gasteiger partial charge in [0.1, 0.15) is 0 Å². The Hall–Kier alpha value is -1.66. The lowest BCUT2D eigenvalue weighted by Gasteiger charge is -2.27. The highest BCUT2D eigenvalue weighted by Crippen LogP contribution is 2.23. The van der Waals surface area contributed by atoms with E-state index in [1.807, 2.05) is 13.8 Å². The number of nitrogens with zero attached hydrogens (tertiary/aromatic N) is 1. The van der Waals surface area contributed by atoms with Gasteiger partial charge in [0.2, 0.25) is 5.91 Å². The van der Waals surface area contributed by atoms with Gasteiger partial charge in [-0.05, 0) is 63.4 Å². The number of rotatable bonds is 6. The van der Waals surface area contributed by atoms with Crippen LogP contribution >= 0.6 is 12.4 Å². The van der Waals surface area contributed by atoms with Gasteiger partial charge in [-0.15, -0.1) is 12.4 Å². The highest BCUT2D eigenvalue weighted by molar-refractivity contribution is 5.85. The first-order chi connectivity index (χ1) is 10.4. The van der Waals surface area contributed by atoms with E-state index >= 15 is 0 Å². The number of hydrogen-bond acceptors (Lipinski definition) is 4. The predicted octanol–water partition coefficient (Wildman–Crippen LogP) is 2.76. The average Bonchev–Trinajstić information content (AvgIpc) is 2.98. The van der Waals surface area contributed by atoms with Gasteiger partial charge in [0.15, 0.2) is 0 Å². The second-order valence-corrected chi connectivity index (χ2v) is 6.37. The van der Waals surface area contributed by atoms with Gasteiger partial charge in [0.05, 0.1) is 10.5 Å². The number of non-ortho nitro benzene ring substituents is 1. The Balaban J connectivity index is 0.00000264. The van der Waals surface area contributed by atoms with Gasteiger partial charge in [-0.2, -0.15) is 0 Å². The first-order valence-electron chi connectivity index (χ1n) is 7.65. The van der Waals surface area contributed by atoms with Gasteiger partial charge in [0, 0.05) is 18.6 Å². The second-order valence-electron chi connectivity index (χ2n) is 6.37. The summed E-state index contributed by atoms with van der Waals surface area (Å²) >= 11 is 0. The van der Waals surface area contributed by atoms with Crippen LogP contribution < -0.4 is 10.6 Å². The molecule has 0 spiro atoms. The van der Waals surface area contributed by atoms with Crippen molar-refractivity contribution in [2.75, 3.05) is 13.1 Å². The van der Waals surface area contributed by atoms with Crippen LogP contribution in [0.3, 0.4) is 0 Å². The van der Waals surface area contributed by atoms with Crippen LogP contribution in [0.1, 0.15) is 38.7 Å². The summed E-state index contributed by atoms with van der Waals surface area (Å²) in [7, 11) is 0. The van der Waals surface area contributed by atoms with Crippen molar-refractivity contribution in [2.24, 2.45) is 5.92 Å². The quantitative estimate of drug-likeness (QED) is 0.615. The van der Waals surface area contributed by atoms with E-state index < -0.39 is 10.5 Å². The molecule has 128 valence electrons. The van der Waals surface area contributed by atoms with Gasteiger partial charge < -0.3 is 10.6 Å². The Kier molecular flexibility index (Phi) is 6.97. The summed E-state index contributed by atoms with van der Waals surface area (Å²) < 4.78 is 0. The molecule has 2 rings (SSSR count). The third-order valence-electron chi connectivity index (χ3n) is 4.19. The first kappa shape index (κ1) is 19.4. The zero-order valence-electron chi connectivity index (χ0n) is 13.5. The lowest BCUT2D eigenvalue weighted by atomic mass is 9.93. The lowest BCUT2D eigenvalue weighted by Crippen LogP contribution is -2.41. The summed E-state index contributed by atoms with van der Waals surface area (Å²) in [4.78, 5) is 22.4. The molecule has 6 nitrogen and oxygen atoms in total. The fraction of sp³-hybridized carbons (Fsp3) is 0.562. The maximum Gasteiger partial charge on any atom is 0.269 e. The predicted molar refractivity (Wildman–Crippen MR) is 91.7 cm³/mol. The maximum absolute atomic E-state index is 12.1. The molecule has 1 aromatic rings. The van der Waals surface area contributed by atoms with Crippen LogP contribution in [0, 0.1) is 16.0 Å². The topological polar surface area (TPSA) is 84.3 Å². The summed E-state index contributed by atoms with van der Waals surface area (Å²) in [5.74, 6) is 0.614. The molecule has 7 heteroatoms. The number of benzene rings is 1. The summed E-state index contributed by atoms with van der Waals surface area (Å²) in [5.41, 5.74) is 0.369. The number of nitrogens with one attached hydrogen (secondary N) is 2. The summed E-state index contributed by atoms with van der Waals surface area (Å²) in [6, 6.07) is 6.32. The lowest BCUT2D eigenvalue weighted by molar-refractivity contribution is -0.384. The molecular formula is C16H24ClN3O3. The molecule has 1 heterocycles. The van der Waals surface area contributed by atoms with Gasteiger partial charge in [-0.3, -0.25) is 14.9 Å². The summed E-state index contributed by atoms with van der Waals surface area (Å²) in [5, 5.41) is 17.0. The Labute approximate surface area is 142 Å². The largest absolute Gasteiger partial charge is 0.347 e. The van der Waals surface area contributed by atoms with Gasteiger partial charge >= 0.3 is 0 Å². The molecule has 1 saturated heterocycles. The average molecular weight is 342 g/mol. The number of hydrogen-bond donors (Lipinski definition) is 2. The molecule has 0 saturated carbocycles. The Bertz CT molecular complexity index is 540. The Morgan fingerprint density at radius 2 is 2.04 bits per heavy atom. The fourth-order valence-electron chi connectivity index (χ4n) is 2.78. The van der Waals surface area contributed by atoms with E-state index in [1.54, 1.807) is 12.1 Å². The molecule has 1 atom stereocenters. The van der Waals surface area contributed by atoms with Crippen molar-refractivity contribution in [3.63, 3.8) is 0 Å². The minimum absolute atomic E-state index is 0. The first-order valence-corrected chi connectivity index (χ1v) is 7.65. The zero-order valence-corrected chi connectivity index (χ0v) is 14.3. The van der Waals surface area contributed by atoms with Crippen LogP contribution in [0.25, 0.3) is 0 Å². The van der Waals surface area contributed by atoms with E-state index in [0.29, 0.717) is 12.3 Å². The van der Waals surface area contributed by atoms with E-state index in [-0.39, 0.29) is 24.0 Å². The van der Waals surface area contributed by atoms with Crippen LogP contribution in [0.15, 0.2) is 24.3 Å². The molecule has 0 radical (unpaired) electrons. The van der Waals surface area contributed by atoms with Crippen molar-refractivity contribution < 1.29 is 9.72 Å². The van der Waals surface area contributed by atoms with Gasteiger partial charge in [-0.1, -0.05) is 0 Å². The monoisotopic (exact) mass is 341 g/mol. The van der Waals surface area contributed by atoms with Crippen molar-refractivity contribution in [1.82, 2.24) is 10.6 Å². The minimum Gasteiger partial charge on any atom is -0.347 e. The molecule has 1 amide bonds. The zero-order chi connectivity index (χ0) is 16.2. The summed E-state index contributed by atoms with van der Waals surface area (Å²) in [6.45, 7) is 5.85. The number of carbonyl (C=O) groups is 1. The molecule has 0 aliphatic carbocycles. The molecule has 23 heavy (non-hydrogen) atoms. The van der Waals surface area contributed by atoms with Crippen LogP contribution in [0.4, 0.5) is 5.69 Å². The van der Waals surface area contributed by atoms with Gasteiger partial charge in [-0.25, -0.2) is 0 Å². The summed E-state index contributed by atoms with van der Waals surface area (Å²) in [6.07, 6.45) is 2.55. The molecule has 0 bridgehead atoms. The van der Waals surface area contributed by atoms with Crippen molar-refractivity contribution >= 4 is 24.0 Å².